The smallest absolute Gasteiger partial charge is 0.164 e. The van der Waals surface area contributed by atoms with Crippen molar-refractivity contribution in [2.24, 2.45) is 33.5 Å². The van der Waals surface area contributed by atoms with Crippen molar-refractivity contribution in [1.82, 2.24) is 0 Å². The van der Waals surface area contributed by atoms with E-state index < -0.39 is 5.41 Å². The van der Waals surface area contributed by atoms with Gasteiger partial charge in [-0.15, -0.1) is 0 Å². The van der Waals surface area contributed by atoms with Gasteiger partial charge in [-0.05, 0) is 29.0 Å². The highest BCUT2D eigenvalue weighted by molar-refractivity contribution is 5.26. The average molecular weight is 819 g/mol. The molecule has 0 amide bonds. The molecule has 4 saturated heterocycles. The van der Waals surface area contributed by atoms with Gasteiger partial charge in [0.1, 0.15) is 0 Å². The zero-order chi connectivity index (χ0) is 43.4. The Morgan fingerprint density at radius 2 is 0.845 bits per heavy atom. The van der Waals surface area contributed by atoms with Crippen molar-refractivity contribution in [3.05, 3.63) is 70.8 Å². The number of aliphatic hydroxyl groups is 3. The molecule has 4 aliphatic rings. The van der Waals surface area contributed by atoms with Crippen molar-refractivity contribution in [3.8, 4) is 0 Å². The van der Waals surface area contributed by atoms with Crippen LogP contribution in [-0.2, 0) is 56.5 Å². The first kappa shape index (κ1) is 50.4. The summed E-state index contributed by atoms with van der Waals surface area (Å²) in [4.78, 5) is 0. The minimum Gasteiger partial charge on any atom is -0.396 e. The zero-order valence-electron chi connectivity index (χ0n) is 38.0. The predicted octanol–water partition coefficient (Wildman–Crippen LogP) is 7.78. The van der Waals surface area contributed by atoms with Crippen LogP contribution in [0.25, 0.3) is 0 Å². The van der Waals surface area contributed by atoms with Crippen molar-refractivity contribution >= 4 is 0 Å². The summed E-state index contributed by atoms with van der Waals surface area (Å²) in [5, 5.41) is 26.6. The summed E-state index contributed by atoms with van der Waals surface area (Å²) >= 11 is 0. The Labute approximate surface area is 350 Å². The molecule has 0 aliphatic carbocycles. The lowest BCUT2D eigenvalue weighted by Crippen LogP contribution is -2.55. The van der Waals surface area contributed by atoms with E-state index in [-0.39, 0.29) is 66.6 Å². The Bertz CT molecular complexity index is 1380. The summed E-state index contributed by atoms with van der Waals surface area (Å²) in [6.07, 6.45) is -0.718. The summed E-state index contributed by atoms with van der Waals surface area (Å²) < 4.78 is 46.3. The van der Waals surface area contributed by atoms with E-state index in [1.165, 1.54) is 11.1 Å². The van der Waals surface area contributed by atoms with Crippen molar-refractivity contribution in [2.75, 3.05) is 59.5 Å². The fraction of sp³-hybridized carbons (Fsp3) is 0.745. The van der Waals surface area contributed by atoms with Crippen LogP contribution in [0.15, 0.2) is 48.5 Å². The van der Waals surface area contributed by atoms with E-state index in [0.29, 0.717) is 64.7 Å². The molecule has 2 aromatic rings. The molecular formula is C47H78O11. The second kappa shape index (κ2) is 22.2. The minimum absolute atomic E-state index is 0.0124. The standard InChI is InChI=1S/C14H26O5.C14H26O4.C11H16.C8H10O2/c1-10(2)11-16-6-14(7-17-11)8-18-12(19-9-14)13(3,4)5-15;1-10(2)11-15-6-14(7-16-11)8-17-12(18-9-14)13(3,4)5;1-9-5-7-10(8-6-9)11(2,3)4;9-5-7-1-2-8(6-10)4-3-7/h10-12,15H,5-9H2,1-4H3;10-12H,6-9H2,1-5H3;5-8H,1-4H3;1-4,9-10H,5-6H2. The molecule has 2 aromatic carbocycles. The van der Waals surface area contributed by atoms with E-state index in [0.717, 1.165) is 11.1 Å². The quantitative estimate of drug-likeness (QED) is 0.264. The molecule has 0 aromatic heterocycles. The van der Waals surface area contributed by atoms with Gasteiger partial charge in [0.15, 0.2) is 25.2 Å². The first-order valence-corrected chi connectivity index (χ1v) is 21.0. The maximum atomic E-state index is 9.33. The topological polar surface area (TPSA) is 135 Å². The fourth-order valence-corrected chi connectivity index (χ4v) is 6.34. The van der Waals surface area contributed by atoms with Gasteiger partial charge in [-0.25, -0.2) is 0 Å². The Balaban J connectivity index is 0.000000215. The molecule has 11 nitrogen and oxygen atoms in total. The summed E-state index contributed by atoms with van der Waals surface area (Å²) in [7, 11) is 0. The summed E-state index contributed by atoms with van der Waals surface area (Å²) in [5.74, 6) is 0.735. The lowest BCUT2D eigenvalue weighted by atomic mass is 9.87. The Hall–Kier alpha value is -2.00. The van der Waals surface area contributed by atoms with Crippen LogP contribution in [0.2, 0.25) is 0 Å². The van der Waals surface area contributed by atoms with Gasteiger partial charge in [-0.1, -0.05) is 137 Å². The van der Waals surface area contributed by atoms with Crippen LogP contribution in [0.5, 0.6) is 0 Å². The first-order chi connectivity index (χ1) is 27.1. The number of rotatable bonds is 6. The molecule has 0 unspecified atom stereocenters. The van der Waals surface area contributed by atoms with Gasteiger partial charge in [0.25, 0.3) is 0 Å². The third-order valence-electron chi connectivity index (χ3n) is 10.5. The van der Waals surface area contributed by atoms with Gasteiger partial charge in [0.2, 0.25) is 0 Å². The van der Waals surface area contributed by atoms with E-state index in [1.807, 2.05) is 13.8 Å². The minimum atomic E-state index is -0.390. The first-order valence-electron chi connectivity index (χ1n) is 21.0. The van der Waals surface area contributed by atoms with Crippen LogP contribution >= 0.6 is 0 Å². The van der Waals surface area contributed by atoms with Crippen molar-refractivity contribution < 1.29 is 53.2 Å². The maximum absolute atomic E-state index is 9.33. The van der Waals surface area contributed by atoms with Crippen LogP contribution in [0.3, 0.4) is 0 Å². The van der Waals surface area contributed by atoms with Crippen LogP contribution in [0.1, 0.15) is 105 Å². The van der Waals surface area contributed by atoms with Gasteiger partial charge >= 0.3 is 0 Å². The predicted molar refractivity (Wildman–Crippen MR) is 226 cm³/mol. The molecule has 332 valence electrons. The van der Waals surface area contributed by atoms with Crippen LogP contribution in [0.4, 0.5) is 0 Å². The molecular weight excluding hydrogens is 741 g/mol. The van der Waals surface area contributed by atoms with Crippen molar-refractivity contribution in [1.29, 1.82) is 0 Å². The second-order valence-corrected chi connectivity index (χ2v) is 20.1. The number of aliphatic hydroxyl groups excluding tert-OH is 3. The van der Waals surface area contributed by atoms with Gasteiger partial charge in [0.05, 0.1) is 83.5 Å². The van der Waals surface area contributed by atoms with Crippen LogP contribution < -0.4 is 0 Å². The molecule has 0 atom stereocenters. The number of ether oxygens (including phenoxy) is 8. The van der Waals surface area contributed by atoms with Crippen LogP contribution in [-0.4, -0.2) is 99.9 Å². The number of aryl methyl sites for hydroxylation is 1. The van der Waals surface area contributed by atoms with Gasteiger partial charge in [0, 0.05) is 22.7 Å². The number of hydrogen-bond acceptors (Lipinski definition) is 11. The van der Waals surface area contributed by atoms with E-state index >= 15 is 0 Å². The number of hydrogen-bond donors (Lipinski definition) is 3. The Morgan fingerprint density at radius 1 is 0.517 bits per heavy atom. The van der Waals surface area contributed by atoms with E-state index in [4.69, 9.17) is 48.1 Å². The van der Waals surface area contributed by atoms with Gasteiger partial charge < -0.3 is 53.2 Å². The summed E-state index contributed by atoms with van der Waals surface area (Å²) in [6, 6.07) is 15.9. The summed E-state index contributed by atoms with van der Waals surface area (Å²) in [5.41, 5.74) is 4.07. The molecule has 6 rings (SSSR count). The molecule has 4 fully saturated rings. The molecule has 4 aliphatic heterocycles. The van der Waals surface area contributed by atoms with Crippen molar-refractivity contribution in [3.63, 3.8) is 0 Å². The Kier molecular flexibility index (Phi) is 19.3. The molecule has 4 heterocycles. The van der Waals surface area contributed by atoms with Crippen molar-refractivity contribution in [2.45, 2.75) is 134 Å². The molecule has 0 radical (unpaired) electrons. The Morgan fingerprint density at radius 3 is 1.12 bits per heavy atom. The molecule has 2 spiro atoms. The van der Waals surface area contributed by atoms with E-state index in [9.17, 15) is 5.11 Å². The van der Waals surface area contributed by atoms with E-state index in [2.05, 4.69) is 100 Å². The average Bonchev–Trinajstić information content (AvgIpc) is 3.19. The van der Waals surface area contributed by atoms with Crippen LogP contribution in [0, 0.1) is 40.4 Å². The van der Waals surface area contributed by atoms with Gasteiger partial charge in [-0.3, -0.25) is 0 Å². The molecule has 3 N–H and O–H groups in total. The second-order valence-electron chi connectivity index (χ2n) is 20.1. The maximum Gasteiger partial charge on any atom is 0.164 e. The molecule has 58 heavy (non-hydrogen) atoms. The summed E-state index contributed by atoms with van der Waals surface area (Å²) in [6.45, 7) is 32.5. The third-order valence-corrected chi connectivity index (χ3v) is 10.5. The highest BCUT2D eigenvalue weighted by Crippen LogP contribution is 2.37. The molecule has 0 bridgehead atoms. The largest absolute Gasteiger partial charge is 0.396 e. The van der Waals surface area contributed by atoms with Gasteiger partial charge in [-0.2, -0.15) is 0 Å². The zero-order valence-corrected chi connectivity index (χ0v) is 38.0. The highest BCUT2D eigenvalue weighted by Gasteiger charge is 2.46. The lowest BCUT2D eigenvalue weighted by molar-refractivity contribution is -0.327. The lowest BCUT2D eigenvalue weighted by Gasteiger charge is -2.47. The fourth-order valence-electron chi connectivity index (χ4n) is 6.34. The third kappa shape index (κ3) is 15.5. The highest BCUT2D eigenvalue weighted by atomic mass is 16.7. The normalized spacial score (nSPS) is 27.9. The monoisotopic (exact) mass is 819 g/mol. The SMILES string of the molecule is CC(C)C1OCC2(CO1)COC(C(C)(C)C)OC2.CC(C)C1OCC2(CO1)COC(C(C)(C)CO)OC2.Cc1ccc(C(C)(C)C)cc1.OCc1ccc(CO)cc1. The van der Waals surface area contributed by atoms with E-state index in [1.54, 1.807) is 24.3 Å². The number of benzene rings is 2. The molecule has 0 saturated carbocycles. The molecule has 11 heteroatoms.